The van der Waals surface area contributed by atoms with E-state index < -0.39 is 28.3 Å². The van der Waals surface area contributed by atoms with Crippen LogP contribution in [-0.4, -0.2) is 27.1 Å². The third kappa shape index (κ3) is 4.32. The van der Waals surface area contributed by atoms with Gasteiger partial charge in [-0.2, -0.15) is 0 Å². The number of halogens is 1. The SMILES string of the molecule is Cc1ccc(NC(=O)CN(c2ccccc2C)S(C)(=O)=O)c(F)c1. The summed E-state index contributed by atoms with van der Waals surface area (Å²) in [7, 11) is -3.67. The van der Waals surface area contributed by atoms with Crippen LogP contribution in [0.3, 0.4) is 0 Å². The Morgan fingerprint density at radius 1 is 1.17 bits per heavy atom. The normalized spacial score (nSPS) is 11.2. The van der Waals surface area contributed by atoms with Gasteiger partial charge in [0.1, 0.15) is 12.4 Å². The summed E-state index contributed by atoms with van der Waals surface area (Å²) >= 11 is 0. The van der Waals surface area contributed by atoms with Gasteiger partial charge >= 0.3 is 0 Å². The topological polar surface area (TPSA) is 66.5 Å². The van der Waals surface area contributed by atoms with Crippen molar-refractivity contribution in [3.05, 3.63) is 59.4 Å². The molecule has 1 N–H and O–H groups in total. The zero-order valence-electron chi connectivity index (χ0n) is 13.7. The maximum absolute atomic E-state index is 13.8. The molecule has 2 aromatic carbocycles. The fraction of sp³-hybridized carbons (Fsp3) is 0.235. The smallest absolute Gasteiger partial charge is 0.245 e. The highest BCUT2D eigenvalue weighted by molar-refractivity contribution is 7.92. The summed E-state index contributed by atoms with van der Waals surface area (Å²) in [6.45, 7) is 3.06. The van der Waals surface area contributed by atoms with Gasteiger partial charge in [-0.15, -0.1) is 0 Å². The molecule has 5 nitrogen and oxygen atoms in total. The van der Waals surface area contributed by atoms with Crippen molar-refractivity contribution < 1.29 is 17.6 Å². The van der Waals surface area contributed by atoms with Gasteiger partial charge in [0.05, 0.1) is 17.6 Å². The van der Waals surface area contributed by atoms with Gasteiger partial charge in [-0.25, -0.2) is 12.8 Å². The molecule has 0 atom stereocenters. The minimum Gasteiger partial charge on any atom is -0.322 e. The second-order valence-electron chi connectivity index (χ2n) is 5.59. The van der Waals surface area contributed by atoms with Gasteiger partial charge in [-0.3, -0.25) is 9.10 Å². The molecule has 2 aromatic rings. The standard InChI is InChI=1S/C17H19FN2O3S/c1-12-8-9-15(14(18)10-12)19-17(21)11-20(24(3,22)23)16-7-5-4-6-13(16)2/h4-10H,11H2,1-3H3,(H,19,21). The number of benzene rings is 2. The Kier molecular flexibility index (Phi) is 5.23. The average molecular weight is 350 g/mol. The van der Waals surface area contributed by atoms with E-state index in [1.807, 2.05) is 0 Å². The summed E-state index contributed by atoms with van der Waals surface area (Å²) in [5.41, 5.74) is 1.88. The number of para-hydroxylation sites is 1. The van der Waals surface area contributed by atoms with E-state index in [9.17, 15) is 17.6 Å². The summed E-state index contributed by atoms with van der Waals surface area (Å²) in [6, 6.07) is 11.3. The first-order valence-electron chi connectivity index (χ1n) is 7.28. The first-order chi connectivity index (χ1) is 11.2. The van der Waals surface area contributed by atoms with E-state index in [0.717, 1.165) is 21.7 Å². The largest absolute Gasteiger partial charge is 0.322 e. The minimum absolute atomic E-state index is 0.0174. The predicted octanol–water partition coefficient (Wildman–Crippen LogP) is 2.85. The lowest BCUT2D eigenvalue weighted by Crippen LogP contribution is -2.38. The molecule has 0 aliphatic heterocycles. The van der Waals surface area contributed by atoms with Gasteiger partial charge < -0.3 is 5.32 Å². The number of nitrogens with zero attached hydrogens (tertiary/aromatic N) is 1. The highest BCUT2D eigenvalue weighted by atomic mass is 32.2. The molecular weight excluding hydrogens is 331 g/mol. The van der Waals surface area contributed by atoms with Crippen LogP contribution in [-0.2, 0) is 14.8 Å². The van der Waals surface area contributed by atoms with E-state index in [0.29, 0.717) is 5.69 Å². The molecule has 0 fully saturated rings. The molecule has 1 amide bonds. The molecular formula is C17H19FN2O3S. The fourth-order valence-corrected chi connectivity index (χ4v) is 3.18. The molecule has 0 radical (unpaired) electrons. The summed E-state index contributed by atoms with van der Waals surface area (Å²) in [5.74, 6) is -1.18. The third-order valence-electron chi connectivity index (χ3n) is 3.47. The van der Waals surface area contributed by atoms with Crippen molar-refractivity contribution in [2.45, 2.75) is 13.8 Å². The van der Waals surface area contributed by atoms with Crippen molar-refractivity contribution >= 4 is 27.3 Å². The van der Waals surface area contributed by atoms with Crippen molar-refractivity contribution in [3.8, 4) is 0 Å². The maximum atomic E-state index is 13.8. The Hall–Kier alpha value is -2.41. The van der Waals surface area contributed by atoms with Crippen molar-refractivity contribution in [1.82, 2.24) is 0 Å². The minimum atomic E-state index is -3.67. The number of anilines is 2. The number of rotatable bonds is 5. The fourth-order valence-electron chi connectivity index (χ4n) is 2.27. The molecule has 0 saturated carbocycles. The number of sulfonamides is 1. The number of hydrogen-bond donors (Lipinski definition) is 1. The van der Waals surface area contributed by atoms with Gasteiger partial charge in [-0.1, -0.05) is 24.3 Å². The van der Waals surface area contributed by atoms with E-state index in [1.54, 1.807) is 44.2 Å². The highest BCUT2D eigenvalue weighted by Crippen LogP contribution is 2.22. The van der Waals surface area contributed by atoms with Crippen LogP contribution in [0, 0.1) is 19.7 Å². The van der Waals surface area contributed by atoms with Crippen LogP contribution in [0.2, 0.25) is 0 Å². The zero-order chi connectivity index (χ0) is 17.9. The van der Waals surface area contributed by atoms with E-state index in [1.165, 1.54) is 12.1 Å². The van der Waals surface area contributed by atoms with E-state index in [-0.39, 0.29) is 5.69 Å². The van der Waals surface area contributed by atoms with E-state index in [4.69, 9.17) is 0 Å². The number of hydrogen-bond acceptors (Lipinski definition) is 3. The van der Waals surface area contributed by atoms with Crippen molar-refractivity contribution in [2.24, 2.45) is 0 Å². The maximum Gasteiger partial charge on any atom is 0.245 e. The second kappa shape index (κ2) is 7.00. The molecule has 0 aliphatic carbocycles. The lowest BCUT2D eigenvalue weighted by atomic mass is 10.2. The molecule has 0 unspecified atom stereocenters. The van der Waals surface area contributed by atoms with Crippen molar-refractivity contribution in [3.63, 3.8) is 0 Å². The average Bonchev–Trinajstić information content (AvgIpc) is 2.47. The number of nitrogens with one attached hydrogen (secondary N) is 1. The molecule has 0 spiro atoms. The van der Waals surface area contributed by atoms with Crippen LogP contribution >= 0.6 is 0 Å². The predicted molar refractivity (Wildman–Crippen MR) is 93.1 cm³/mol. The summed E-state index contributed by atoms with van der Waals surface area (Å²) in [6.07, 6.45) is 1.03. The second-order valence-corrected chi connectivity index (χ2v) is 7.49. The molecule has 2 rings (SSSR count). The van der Waals surface area contributed by atoms with Crippen LogP contribution in [0.15, 0.2) is 42.5 Å². The number of amides is 1. The Morgan fingerprint density at radius 2 is 1.83 bits per heavy atom. The van der Waals surface area contributed by atoms with Crippen LogP contribution in [0.5, 0.6) is 0 Å². The molecule has 0 saturated heterocycles. The Labute approximate surface area is 141 Å². The molecule has 0 aliphatic rings. The van der Waals surface area contributed by atoms with Gasteiger partial charge in [-0.05, 0) is 43.2 Å². The van der Waals surface area contributed by atoms with Crippen LogP contribution in [0.4, 0.5) is 15.8 Å². The van der Waals surface area contributed by atoms with Gasteiger partial charge in [0, 0.05) is 0 Å². The Morgan fingerprint density at radius 3 is 2.42 bits per heavy atom. The first-order valence-corrected chi connectivity index (χ1v) is 9.12. The summed E-state index contributed by atoms with van der Waals surface area (Å²) < 4.78 is 38.9. The Balaban J connectivity index is 2.24. The quantitative estimate of drug-likeness (QED) is 0.902. The third-order valence-corrected chi connectivity index (χ3v) is 4.60. The summed E-state index contributed by atoms with van der Waals surface area (Å²) in [5, 5.41) is 2.41. The first kappa shape index (κ1) is 17.9. The molecule has 0 bridgehead atoms. The monoisotopic (exact) mass is 350 g/mol. The van der Waals surface area contributed by atoms with Gasteiger partial charge in [0.25, 0.3) is 0 Å². The highest BCUT2D eigenvalue weighted by Gasteiger charge is 2.22. The van der Waals surface area contributed by atoms with Crippen LogP contribution < -0.4 is 9.62 Å². The Bertz CT molecular complexity index is 866. The zero-order valence-corrected chi connectivity index (χ0v) is 14.5. The van der Waals surface area contributed by atoms with Crippen molar-refractivity contribution in [1.29, 1.82) is 0 Å². The molecule has 0 aromatic heterocycles. The van der Waals surface area contributed by atoms with E-state index >= 15 is 0 Å². The molecule has 0 heterocycles. The van der Waals surface area contributed by atoms with Crippen LogP contribution in [0.1, 0.15) is 11.1 Å². The van der Waals surface area contributed by atoms with Gasteiger partial charge in [0.15, 0.2) is 0 Å². The molecule has 24 heavy (non-hydrogen) atoms. The van der Waals surface area contributed by atoms with Crippen molar-refractivity contribution in [2.75, 3.05) is 22.4 Å². The van der Waals surface area contributed by atoms with Crippen LogP contribution in [0.25, 0.3) is 0 Å². The summed E-state index contributed by atoms with van der Waals surface area (Å²) in [4.78, 5) is 12.2. The number of carbonyl (C=O) groups excluding carboxylic acids is 1. The molecule has 7 heteroatoms. The number of aryl methyl sites for hydroxylation is 2. The lowest BCUT2D eigenvalue weighted by Gasteiger charge is -2.23. The van der Waals surface area contributed by atoms with Gasteiger partial charge in [0.2, 0.25) is 15.9 Å². The number of carbonyl (C=O) groups is 1. The lowest BCUT2D eigenvalue weighted by molar-refractivity contribution is -0.114. The molecule has 128 valence electrons. The van der Waals surface area contributed by atoms with E-state index in [2.05, 4.69) is 5.32 Å².